The van der Waals surface area contributed by atoms with Crippen molar-refractivity contribution in [2.45, 2.75) is 0 Å². The Hall–Kier alpha value is -5.48. The van der Waals surface area contributed by atoms with Gasteiger partial charge in [-0.15, -0.1) is 0 Å². The highest BCUT2D eigenvalue weighted by molar-refractivity contribution is 6.26. The van der Waals surface area contributed by atoms with Gasteiger partial charge in [0.1, 0.15) is 16.7 Å². The maximum Gasteiger partial charge on any atom is 0.159 e. The molecule has 0 radical (unpaired) electrons. The molecule has 3 aromatic heterocycles. The standard InChI is InChI=1S/C36H22N2O2/c1-2-10-22(11-3-1)38(23-18-19-26-24-12-5-8-16-31(24)39-33(26)20-23)30-21-28-25-13-6-9-17-32(25)40-36(28)35-34(30)27-14-4-7-15-29(27)37-35/h1-21,37H. The summed E-state index contributed by atoms with van der Waals surface area (Å²) in [6.45, 7) is 0. The molecular formula is C36H22N2O2. The van der Waals surface area contributed by atoms with Gasteiger partial charge < -0.3 is 18.7 Å². The van der Waals surface area contributed by atoms with Crippen molar-refractivity contribution in [2.75, 3.05) is 4.90 Å². The Kier molecular flexibility index (Phi) is 4.30. The first-order chi connectivity index (χ1) is 19.8. The highest BCUT2D eigenvalue weighted by Crippen LogP contribution is 2.47. The van der Waals surface area contributed by atoms with E-state index in [1.807, 2.05) is 24.3 Å². The van der Waals surface area contributed by atoms with Gasteiger partial charge in [0.15, 0.2) is 5.58 Å². The summed E-state index contributed by atoms with van der Waals surface area (Å²) in [7, 11) is 0. The lowest BCUT2D eigenvalue weighted by Crippen LogP contribution is -2.10. The summed E-state index contributed by atoms with van der Waals surface area (Å²) in [6.07, 6.45) is 0. The van der Waals surface area contributed by atoms with E-state index in [9.17, 15) is 0 Å². The molecule has 0 aliphatic carbocycles. The van der Waals surface area contributed by atoms with Crippen molar-refractivity contribution in [3.8, 4) is 0 Å². The fourth-order valence-corrected chi connectivity index (χ4v) is 6.22. The van der Waals surface area contributed by atoms with E-state index >= 15 is 0 Å². The van der Waals surface area contributed by atoms with Crippen LogP contribution < -0.4 is 4.90 Å². The number of fused-ring (bicyclic) bond motifs is 10. The summed E-state index contributed by atoms with van der Waals surface area (Å²) in [5, 5.41) is 6.69. The molecule has 6 aromatic carbocycles. The van der Waals surface area contributed by atoms with Gasteiger partial charge in [-0.25, -0.2) is 0 Å². The third-order valence-corrected chi connectivity index (χ3v) is 7.98. The largest absolute Gasteiger partial charge is 0.456 e. The molecule has 0 amide bonds. The molecule has 0 spiro atoms. The Labute approximate surface area is 228 Å². The highest BCUT2D eigenvalue weighted by atomic mass is 16.3. The van der Waals surface area contributed by atoms with Crippen LogP contribution in [0, 0.1) is 0 Å². The van der Waals surface area contributed by atoms with E-state index in [1.54, 1.807) is 0 Å². The van der Waals surface area contributed by atoms with E-state index in [4.69, 9.17) is 8.83 Å². The summed E-state index contributed by atoms with van der Waals surface area (Å²) >= 11 is 0. The fraction of sp³-hybridized carbons (Fsp3) is 0. The molecule has 0 fully saturated rings. The fourth-order valence-electron chi connectivity index (χ4n) is 6.22. The average Bonchev–Trinajstić information content (AvgIpc) is 3.69. The van der Waals surface area contributed by atoms with Gasteiger partial charge in [0.25, 0.3) is 0 Å². The minimum atomic E-state index is 0.865. The SMILES string of the molecule is c1ccc(N(c2ccc3c(c2)oc2ccccc23)c2cc3c4ccccc4oc3c3[nH]c4ccccc4c23)cc1. The minimum Gasteiger partial charge on any atom is -0.456 e. The van der Waals surface area contributed by atoms with Crippen LogP contribution in [0.25, 0.3) is 65.7 Å². The summed E-state index contributed by atoms with van der Waals surface area (Å²) in [5.74, 6) is 0. The second kappa shape index (κ2) is 8.01. The number of rotatable bonds is 3. The molecule has 0 saturated heterocycles. The molecule has 4 nitrogen and oxygen atoms in total. The molecule has 1 N–H and O–H groups in total. The highest BCUT2D eigenvalue weighted by Gasteiger charge is 2.23. The number of H-pyrrole nitrogens is 1. The molecule has 0 aliphatic heterocycles. The molecule has 0 aliphatic rings. The lowest BCUT2D eigenvalue weighted by molar-refractivity contribution is 0.669. The molecule has 0 saturated carbocycles. The Morgan fingerprint density at radius 1 is 0.475 bits per heavy atom. The monoisotopic (exact) mass is 514 g/mol. The minimum absolute atomic E-state index is 0.865. The van der Waals surface area contributed by atoms with Crippen molar-refractivity contribution in [3.05, 3.63) is 127 Å². The van der Waals surface area contributed by atoms with Gasteiger partial charge in [0.2, 0.25) is 0 Å². The summed E-state index contributed by atoms with van der Waals surface area (Å²) in [5.41, 5.74) is 8.75. The van der Waals surface area contributed by atoms with Crippen molar-refractivity contribution in [1.29, 1.82) is 0 Å². The first-order valence-corrected chi connectivity index (χ1v) is 13.4. The van der Waals surface area contributed by atoms with Crippen LogP contribution in [0.4, 0.5) is 17.1 Å². The van der Waals surface area contributed by atoms with Crippen molar-refractivity contribution >= 4 is 82.7 Å². The van der Waals surface area contributed by atoms with Crippen LogP contribution in [0.5, 0.6) is 0 Å². The Morgan fingerprint density at radius 3 is 1.95 bits per heavy atom. The molecule has 0 unspecified atom stereocenters. The van der Waals surface area contributed by atoms with Crippen LogP contribution in [0.1, 0.15) is 0 Å². The molecule has 0 atom stereocenters. The molecule has 40 heavy (non-hydrogen) atoms. The summed E-state index contributed by atoms with van der Waals surface area (Å²) < 4.78 is 12.8. The predicted octanol–water partition coefficient (Wildman–Crippen LogP) is 10.6. The smallest absolute Gasteiger partial charge is 0.159 e. The van der Waals surface area contributed by atoms with Crippen LogP contribution in [-0.2, 0) is 0 Å². The topological polar surface area (TPSA) is 45.3 Å². The van der Waals surface area contributed by atoms with Gasteiger partial charge in [0.05, 0.1) is 11.2 Å². The lowest BCUT2D eigenvalue weighted by atomic mass is 10.0. The second-order valence-electron chi connectivity index (χ2n) is 10.2. The number of hydrogen-bond acceptors (Lipinski definition) is 3. The third-order valence-electron chi connectivity index (χ3n) is 7.98. The van der Waals surface area contributed by atoms with Gasteiger partial charge in [-0.3, -0.25) is 0 Å². The molecule has 3 heterocycles. The third kappa shape index (κ3) is 2.96. The Bertz CT molecular complexity index is 2390. The van der Waals surface area contributed by atoms with E-state index < -0.39 is 0 Å². The van der Waals surface area contributed by atoms with Gasteiger partial charge >= 0.3 is 0 Å². The van der Waals surface area contributed by atoms with Crippen molar-refractivity contribution in [3.63, 3.8) is 0 Å². The van der Waals surface area contributed by atoms with Crippen LogP contribution >= 0.6 is 0 Å². The molecule has 4 heteroatoms. The number of benzene rings is 6. The number of aromatic amines is 1. The molecular weight excluding hydrogens is 492 g/mol. The normalized spacial score (nSPS) is 12.0. The first-order valence-electron chi connectivity index (χ1n) is 13.4. The second-order valence-corrected chi connectivity index (χ2v) is 10.2. The Balaban J connectivity index is 1.42. The van der Waals surface area contributed by atoms with Crippen molar-refractivity contribution < 1.29 is 8.83 Å². The maximum absolute atomic E-state index is 6.47. The van der Waals surface area contributed by atoms with E-state index in [-0.39, 0.29) is 0 Å². The van der Waals surface area contributed by atoms with Crippen molar-refractivity contribution in [2.24, 2.45) is 0 Å². The summed E-state index contributed by atoms with van der Waals surface area (Å²) in [6, 6.07) is 44.2. The molecule has 9 rings (SSSR count). The first kappa shape index (κ1) is 21.5. The predicted molar refractivity (Wildman–Crippen MR) is 165 cm³/mol. The van der Waals surface area contributed by atoms with Crippen LogP contribution in [0.2, 0.25) is 0 Å². The number of anilines is 3. The zero-order valence-electron chi connectivity index (χ0n) is 21.4. The summed E-state index contributed by atoms with van der Waals surface area (Å²) in [4.78, 5) is 6.02. The van der Waals surface area contributed by atoms with Crippen LogP contribution in [0.3, 0.4) is 0 Å². The zero-order chi connectivity index (χ0) is 26.2. The lowest BCUT2D eigenvalue weighted by Gasteiger charge is -2.26. The van der Waals surface area contributed by atoms with Crippen LogP contribution in [0.15, 0.2) is 136 Å². The maximum atomic E-state index is 6.47. The molecule has 0 bridgehead atoms. The van der Waals surface area contributed by atoms with E-state index in [1.165, 1.54) is 0 Å². The number of nitrogens with one attached hydrogen (secondary N) is 1. The Morgan fingerprint density at radius 2 is 1.12 bits per heavy atom. The van der Waals surface area contributed by atoms with Gasteiger partial charge in [0, 0.05) is 55.3 Å². The molecule has 188 valence electrons. The van der Waals surface area contributed by atoms with Gasteiger partial charge in [-0.1, -0.05) is 72.8 Å². The number of aromatic nitrogens is 1. The number of nitrogens with zero attached hydrogens (tertiary/aromatic N) is 1. The quantitative estimate of drug-likeness (QED) is 0.255. The van der Waals surface area contributed by atoms with E-state index in [0.29, 0.717) is 0 Å². The average molecular weight is 515 g/mol. The van der Waals surface area contributed by atoms with E-state index in [0.717, 1.165) is 82.7 Å². The zero-order valence-corrected chi connectivity index (χ0v) is 21.4. The number of para-hydroxylation sites is 4. The van der Waals surface area contributed by atoms with E-state index in [2.05, 4.69) is 113 Å². The van der Waals surface area contributed by atoms with Crippen LogP contribution in [-0.4, -0.2) is 4.98 Å². The van der Waals surface area contributed by atoms with Crippen molar-refractivity contribution in [1.82, 2.24) is 4.98 Å². The van der Waals surface area contributed by atoms with Gasteiger partial charge in [-0.05, 0) is 48.5 Å². The molecule has 9 aromatic rings. The van der Waals surface area contributed by atoms with Gasteiger partial charge in [-0.2, -0.15) is 0 Å². The number of hydrogen-bond donors (Lipinski definition) is 1. The number of furan rings is 2.